The van der Waals surface area contributed by atoms with Crippen LogP contribution < -0.4 is 0 Å². The Bertz CT molecular complexity index is 186. The lowest BCUT2D eigenvalue weighted by Crippen LogP contribution is -2.57. The van der Waals surface area contributed by atoms with E-state index in [-0.39, 0.29) is 0 Å². The number of nitrogens with zero attached hydrogens (tertiary/aromatic N) is 2. The molecule has 0 saturated carbocycles. The molecule has 2 atom stereocenters. The average Bonchev–Trinajstić information content (AvgIpc) is 2.23. The maximum absolute atomic E-state index is 2.74. The van der Waals surface area contributed by atoms with Gasteiger partial charge in [0.2, 0.25) is 0 Å². The van der Waals surface area contributed by atoms with E-state index in [1.54, 1.807) is 0 Å². The van der Waals surface area contributed by atoms with Crippen molar-refractivity contribution in [2.45, 2.75) is 51.2 Å². The van der Waals surface area contributed by atoms with Crippen LogP contribution in [0.25, 0.3) is 0 Å². The Hall–Kier alpha value is 0.650. The molecule has 76 valence electrons. The van der Waals surface area contributed by atoms with E-state index in [9.17, 15) is 0 Å². The van der Waals surface area contributed by atoms with Gasteiger partial charge in [0.15, 0.2) is 0 Å². The zero-order valence-corrected chi connectivity index (χ0v) is 10.9. The second-order valence-electron chi connectivity index (χ2n) is 5.29. The molecule has 0 aromatic heterocycles. The third-order valence-electron chi connectivity index (χ3n) is 3.21. The summed E-state index contributed by atoms with van der Waals surface area (Å²) in [7, 11) is 0. The van der Waals surface area contributed by atoms with E-state index in [2.05, 4.69) is 51.6 Å². The lowest BCUT2D eigenvalue weighted by molar-refractivity contribution is 0.0355. The van der Waals surface area contributed by atoms with Gasteiger partial charge in [0.1, 0.15) is 0 Å². The Balaban J connectivity index is 2.15. The van der Waals surface area contributed by atoms with Crippen LogP contribution in [-0.2, 0) is 0 Å². The molecule has 2 saturated heterocycles. The summed E-state index contributed by atoms with van der Waals surface area (Å²) in [6, 6.07) is 1.63. The molecular weight excluding hydrogens is 275 g/mol. The summed E-state index contributed by atoms with van der Waals surface area (Å²) < 4.78 is 2.46. The molecule has 3 heteroatoms. The van der Waals surface area contributed by atoms with Crippen molar-refractivity contribution in [3.05, 3.63) is 0 Å². The van der Waals surface area contributed by atoms with E-state index in [4.69, 9.17) is 0 Å². The molecule has 2 aliphatic rings. The van der Waals surface area contributed by atoms with Crippen molar-refractivity contribution in [2.75, 3.05) is 13.1 Å². The van der Waals surface area contributed by atoms with Crippen molar-refractivity contribution >= 4 is 22.9 Å². The molecule has 0 amide bonds. The van der Waals surface area contributed by atoms with Gasteiger partial charge in [0, 0.05) is 53.6 Å². The first-order valence-corrected chi connectivity index (χ1v) is 6.14. The maximum Gasteiger partial charge on any atom is 0.0240 e. The zero-order chi connectivity index (χ0) is 9.64. The van der Waals surface area contributed by atoms with E-state index in [1.807, 2.05) is 0 Å². The summed E-state index contributed by atoms with van der Waals surface area (Å²) in [4.78, 5) is 2.74. The van der Waals surface area contributed by atoms with Crippen molar-refractivity contribution in [3.63, 3.8) is 0 Å². The van der Waals surface area contributed by atoms with Gasteiger partial charge >= 0.3 is 0 Å². The highest BCUT2D eigenvalue weighted by Gasteiger charge is 2.44. The van der Waals surface area contributed by atoms with Crippen LogP contribution in [0.5, 0.6) is 0 Å². The molecule has 2 rings (SSSR count). The standard InChI is InChI=1S/C10H19IN2/c1-10(2,3)13-8-4-5-9(13)7-12(11)6-8/h8-9H,4-7H2,1-3H3. The van der Waals surface area contributed by atoms with Gasteiger partial charge in [0.25, 0.3) is 0 Å². The predicted molar refractivity (Wildman–Crippen MR) is 64.0 cm³/mol. The van der Waals surface area contributed by atoms with E-state index in [0.29, 0.717) is 5.54 Å². The Morgan fingerprint density at radius 2 is 1.54 bits per heavy atom. The van der Waals surface area contributed by atoms with Gasteiger partial charge in [-0.3, -0.25) is 4.90 Å². The van der Waals surface area contributed by atoms with Gasteiger partial charge in [0.05, 0.1) is 0 Å². The molecule has 2 fully saturated rings. The lowest BCUT2D eigenvalue weighted by atomic mass is 10.0. The third-order valence-corrected chi connectivity index (χ3v) is 4.00. The molecule has 0 N–H and O–H groups in total. The van der Waals surface area contributed by atoms with Crippen LogP contribution in [0.4, 0.5) is 0 Å². The minimum Gasteiger partial charge on any atom is -0.290 e. The highest BCUT2D eigenvalue weighted by atomic mass is 127. The average molecular weight is 294 g/mol. The molecule has 2 unspecified atom stereocenters. The van der Waals surface area contributed by atoms with E-state index in [1.165, 1.54) is 25.9 Å². The maximum atomic E-state index is 2.74. The second kappa shape index (κ2) is 3.35. The number of halogens is 1. The molecule has 2 aliphatic heterocycles. The van der Waals surface area contributed by atoms with Crippen molar-refractivity contribution in [1.82, 2.24) is 8.01 Å². The molecule has 0 spiro atoms. The van der Waals surface area contributed by atoms with Crippen LogP contribution in [0.1, 0.15) is 33.6 Å². The number of piperazine rings is 1. The molecule has 0 aromatic rings. The Morgan fingerprint density at radius 1 is 1.08 bits per heavy atom. The molecule has 0 aromatic carbocycles. The van der Waals surface area contributed by atoms with Gasteiger partial charge in [-0.15, -0.1) is 0 Å². The van der Waals surface area contributed by atoms with Crippen LogP contribution >= 0.6 is 22.9 Å². The van der Waals surface area contributed by atoms with E-state index in [0.717, 1.165) is 12.1 Å². The van der Waals surface area contributed by atoms with Gasteiger partial charge < -0.3 is 0 Å². The molecule has 2 bridgehead atoms. The first kappa shape index (κ1) is 10.2. The predicted octanol–water partition coefficient (Wildman–Crippen LogP) is 2.28. The van der Waals surface area contributed by atoms with Crippen LogP contribution in [0, 0.1) is 0 Å². The fraction of sp³-hybridized carbons (Fsp3) is 1.00. The van der Waals surface area contributed by atoms with Crippen molar-refractivity contribution in [3.8, 4) is 0 Å². The summed E-state index contributed by atoms with van der Waals surface area (Å²) in [5, 5.41) is 0. The molecule has 13 heavy (non-hydrogen) atoms. The normalized spacial score (nSPS) is 36.9. The molecule has 0 radical (unpaired) electrons. The highest BCUT2D eigenvalue weighted by Crippen LogP contribution is 2.36. The van der Waals surface area contributed by atoms with Crippen LogP contribution in [0.15, 0.2) is 0 Å². The number of fused-ring (bicyclic) bond motifs is 2. The largest absolute Gasteiger partial charge is 0.290 e. The zero-order valence-electron chi connectivity index (χ0n) is 8.76. The summed E-state index contributed by atoms with van der Waals surface area (Å²) in [6.45, 7) is 9.56. The van der Waals surface area contributed by atoms with Crippen molar-refractivity contribution < 1.29 is 0 Å². The Morgan fingerprint density at radius 3 is 1.92 bits per heavy atom. The fourth-order valence-electron chi connectivity index (χ4n) is 2.95. The Labute approximate surface area is 95.2 Å². The molecule has 0 aliphatic carbocycles. The fourth-order valence-corrected chi connectivity index (χ4v) is 3.86. The monoisotopic (exact) mass is 294 g/mol. The van der Waals surface area contributed by atoms with Crippen LogP contribution in [0.3, 0.4) is 0 Å². The summed E-state index contributed by atoms with van der Waals surface area (Å²) >= 11 is 2.47. The van der Waals surface area contributed by atoms with E-state index < -0.39 is 0 Å². The van der Waals surface area contributed by atoms with Gasteiger partial charge in [-0.2, -0.15) is 0 Å². The second-order valence-corrected chi connectivity index (χ2v) is 6.66. The molecular formula is C10H19IN2. The minimum atomic E-state index is 0.365. The first-order valence-electron chi connectivity index (χ1n) is 5.17. The lowest BCUT2D eigenvalue weighted by Gasteiger charge is -2.46. The van der Waals surface area contributed by atoms with Crippen LogP contribution in [0.2, 0.25) is 0 Å². The summed E-state index contributed by atoms with van der Waals surface area (Å²) in [5.41, 5.74) is 0.365. The van der Waals surface area contributed by atoms with Gasteiger partial charge in [-0.1, -0.05) is 0 Å². The quantitative estimate of drug-likeness (QED) is 0.499. The summed E-state index contributed by atoms with van der Waals surface area (Å²) in [6.07, 6.45) is 2.81. The van der Waals surface area contributed by atoms with Gasteiger partial charge in [-0.05, 0) is 33.6 Å². The minimum absolute atomic E-state index is 0.365. The Kier molecular flexibility index (Phi) is 2.62. The molecule has 2 nitrogen and oxygen atoms in total. The van der Waals surface area contributed by atoms with Crippen LogP contribution in [-0.4, -0.2) is 38.7 Å². The summed E-state index contributed by atoms with van der Waals surface area (Å²) in [5.74, 6) is 0. The number of hydrogen-bond acceptors (Lipinski definition) is 2. The smallest absolute Gasteiger partial charge is 0.0240 e. The van der Waals surface area contributed by atoms with E-state index >= 15 is 0 Å². The number of rotatable bonds is 0. The highest BCUT2D eigenvalue weighted by molar-refractivity contribution is 14.1. The number of hydrogen-bond donors (Lipinski definition) is 0. The first-order chi connectivity index (χ1) is 5.98. The third kappa shape index (κ3) is 1.88. The SMILES string of the molecule is CC(C)(C)N1C2CCC1CN(I)C2. The van der Waals surface area contributed by atoms with Gasteiger partial charge in [-0.25, -0.2) is 3.11 Å². The molecule has 2 heterocycles. The van der Waals surface area contributed by atoms with Crippen molar-refractivity contribution in [1.29, 1.82) is 0 Å². The van der Waals surface area contributed by atoms with Crippen molar-refractivity contribution in [2.24, 2.45) is 0 Å². The topological polar surface area (TPSA) is 6.48 Å².